The SMILES string of the molecule is Cc1nc(NC2CCN(Cc3ccc4c(cc(C#N)n4CCN4CCN(SCF)CC4)c3C)CC2)c2cc(CC(F)(F)F)sc2n1. The van der Waals surface area contributed by atoms with Crippen molar-refractivity contribution in [2.75, 3.05) is 57.1 Å². The van der Waals surface area contributed by atoms with Gasteiger partial charge in [0.2, 0.25) is 0 Å². The molecule has 0 atom stereocenters. The molecular weight excluding hydrogens is 637 g/mol. The highest BCUT2D eigenvalue weighted by molar-refractivity contribution is 7.96. The molecule has 3 aromatic heterocycles. The van der Waals surface area contributed by atoms with Gasteiger partial charge in [0.1, 0.15) is 34.2 Å². The Morgan fingerprint density at radius 1 is 1.00 bits per heavy atom. The fourth-order valence-corrected chi connectivity index (χ4v) is 8.23. The van der Waals surface area contributed by atoms with E-state index < -0.39 is 12.6 Å². The Kier molecular flexibility index (Phi) is 10.1. The lowest BCUT2D eigenvalue weighted by atomic mass is 10.0. The zero-order valence-corrected chi connectivity index (χ0v) is 27.7. The highest BCUT2D eigenvalue weighted by atomic mass is 32.2. The number of hydrogen-bond acceptors (Lipinski definition) is 9. The number of anilines is 1. The van der Waals surface area contributed by atoms with Crippen LogP contribution in [0.2, 0.25) is 0 Å². The molecule has 5 heterocycles. The molecule has 246 valence electrons. The molecule has 6 rings (SSSR count). The van der Waals surface area contributed by atoms with Crippen molar-refractivity contribution in [3.8, 4) is 6.07 Å². The molecular formula is C32H38F4N8S2. The van der Waals surface area contributed by atoms with Crippen LogP contribution in [-0.2, 0) is 19.5 Å². The summed E-state index contributed by atoms with van der Waals surface area (Å²) in [7, 11) is 0. The van der Waals surface area contributed by atoms with Crippen molar-refractivity contribution in [1.82, 2.24) is 28.6 Å². The number of nitrogens with zero attached hydrogens (tertiary/aromatic N) is 7. The number of rotatable bonds is 10. The molecule has 1 aromatic carbocycles. The van der Waals surface area contributed by atoms with E-state index in [1.54, 1.807) is 13.0 Å². The van der Waals surface area contributed by atoms with E-state index in [1.165, 1.54) is 23.1 Å². The van der Waals surface area contributed by atoms with Gasteiger partial charge in [-0.15, -0.1) is 11.3 Å². The minimum atomic E-state index is -4.26. The van der Waals surface area contributed by atoms with Gasteiger partial charge in [0.25, 0.3) is 0 Å². The first-order chi connectivity index (χ1) is 22.1. The number of piperidine rings is 1. The maximum Gasteiger partial charge on any atom is 0.393 e. The van der Waals surface area contributed by atoms with Crippen molar-refractivity contribution >= 4 is 50.2 Å². The van der Waals surface area contributed by atoms with Crippen molar-refractivity contribution < 1.29 is 17.6 Å². The topological polar surface area (TPSA) is 76.2 Å². The molecule has 2 saturated heterocycles. The molecule has 0 bridgehead atoms. The summed E-state index contributed by atoms with van der Waals surface area (Å²) < 4.78 is 55.9. The van der Waals surface area contributed by atoms with Crippen LogP contribution in [-0.4, -0.2) is 92.7 Å². The van der Waals surface area contributed by atoms with E-state index in [-0.39, 0.29) is 16.9 Å². The van der Waals surface area contributed by atoms with Crippen LogP contribution < -0.4 is 5.32 Å². The Balaban J connectivity index is 1.07. The van der Waals surface area contributed by atoms with Crippen LogP contribution in [0.4, 0.5) is 23.4 Å². The first-order valence-corrected chi connectivity index (χ1v) is 17.4. The standard InChI is InChI=1S/C32H38F4N8S2/c1-21-23(3-4-29-27(21)15-25(18-37)44(29)14-11-41-9-12-43(13-10-41)45-20-33)19-42-7-5-24(6-8-42)40-30-28-16-26(17-32(34,35)36)46-31(28)39-22(2)38-30/h3-4,15-16,24H,5-14,17,19-20H2,1-2H3,(H,38,39,40). The number of aryl methyl sites for hydroxylation is 2. The van der Waals surface area contributed by atoms with Crippen LogP contribution >= 0.6 is 23.3 Å². The molecule has 8 nitrogen and oxygen atoms in total. The normalized spacial score (nSPS) is 17.7. The number of piperazine rings is 1. The summed E-state index contributed by atoms with van der Waals surface area (Å²) >= 11 is 2.33. The molecule has 46 heavy (non-hydrogen) atoms. The fraction of sp³-hybridized carbons (Fsp3) is 0.531. The molecule has 0 amide bonds. The second kappa shape index (κ2) is 14.0. The maximum absolute atomic E-state index is 13.0. The van der Waals surface area contributed by atoms with Gasteiger partial charge in [-0.2, -0.15) is 18.4 Å². The molecule has 4 aromatic rings. The number of halogens is 4. The molecule has 0 aliphatic carbocycles. The summed E-state index contributed by atoms with van der Waals surface area (Å²) in [6, 6.07) is 10.1. The van der Waals surface area contributed by atoms with Crippen molar-refractivity contribution in [3.63, 3.8) is 0 Å². The highest BCUT2D eigenvalue weighted by Gasteiger charge is 2.29. The predicted octanol–water partition coefficient (Wildman–Crippen LogP) is 6.51. The minimum Gasteiger partial charge on any atom is -0.367 e. The second-order valence-electron chi connectivity index (χ2n) is 12.1. The molecule has 0 unspecified atom stereocenters. The molecule has 2 aliphatic rings. The van der Waals surface area contributed by atoms with E-state index in [2.05, 4.69) is 59.1 Å². The van der Waals surface area contributed by atoms with E-state index in [9.17, 15) is 22.8 Å². The van der Waals surface area contributed by atoms with E-state index in [0.717, 1.165) is 94.0 Å². The van der Waals surface area contributed by atoms with E-state index in [0.29, 0.717) is 27.6 Å². The average molecular weight is 675 g/mol. The molecule has 0 saturated carbocycles. The third-order valence-corrected chi connectivity index (χ3v) is 10.9. The van der Waals surface area contributed by atoms with Crippen LogP contribution in [0.15, 0.2) is 24.3 Å². The Labute approximate surface area is 274 Å². The summed E-state index contributed by atoms with van der Waals surface area (Å²) in [4.78, 5) is 14.6. The Bertz CT molecular complexity index is 1710. The van der Waals surface area contributed by atoms with Crippen LogP contribution in [0, 0.1) is 25.2 Å². The van der Waals surface area contributed by atoms with Crippen LogP contribution in [0.3, 0.4) is 0 Å². The quantitative estimate of drug-likeness (QED) is 0.151. The number of thiophene rings is 1. The molecule has 2 aliphatic heterocycles. The molecule has 14 heteroatoms. The number of benzene rings is 1. The van der Waals surface area contributed by atoms with Crippen LogP contribution in [0.25, 0.3) is 21.1 Å². The van der Waals surface area contributed by atoms with Gasteiger partial charge in [0, 0.05) is 80.7 Å². The lowest BCUT2D eigenvalue weighted by Gasteiger charge is -2.33. The number of nitrogens with one attached hydrogen (secondary N) is 1. The number of alkyl halides is 4. The monoisotopic (exact) mass is 674 g/mol. The summed E-state index contributed by atoms with van der Waals surface area (Å²) in [6.45, 7) is 11.5. The van der Waals surface area contributed by atoms with Gasteiger partial charge in [-0.1, -0.05) is 6.07 Å². The first-order valence-electron chi connectivity index (χ1n) is 15.6. The van der Waals surface area contributed by atoms with Crippen molar-refractivity contribution in [2.45, 2.75) is 58.4 Å². The number of nitriles is 1. The number of likely N-dealkylation sites (tertiary alicyclic amines) is 1. The Morgan fingerprint density at radius 3 is 2.46 bits per heavy atom. The summed E-state index contributed by atoms with van der Waals surface area (Å²) in [5.74, 6) is 1.15. The van der Waals surface area contributed by atoms with E-state index >= 15 is 0 Å². The first kappa shape index (κ1) is 33.0. The lowest BCUT2D eigenvalue weighted by molar-refractivity contribution is -0.126. The van der Waals surface area contributed by atoms with Gasteiger partial charge in [-0.25, -0.2) is 18.7 Å². The summed E-state index contributed by atoms with van der Waals surface area (Å²) in [5.41, 5.74) is 4.17. The third kappa shape index (κ3) is 7.60. The van der Waals surface area contributed by atoms with E-state index in [1.807, 2.05) is 6.07 Å². The largest absolute Gasteiger partial charge is 0.393 e. The number of fused-ring (bicyclic) bond motifs is 2. The van der Waals surface area contributed by atoms with Crippen LogP contribution in [0.5, 0.6) is 0 Å². The molecule has 0 radical (unpaired) electrons. The maximum atomic E-state index is 13.0. The minimum absolute atomic E-state index is 0.168. The lowest BCUT2D eigenvalue weighted by Crippen LogP contribution is -2.44. The van der Waals surface area contributed by atoms with Gasteiger partial charge < -0.3 is 9.88 Å². The summed E-state index contributed by atoms with van der Waals surface area (Å²) in [5, 5.41) is 15.2. The number of aromatic nitrogens is 3. The van der Waals surface area contributed by atoms with E-state index in [4.69, 9.17) is 0 Å². The zero-order valence-electron chi connectivity index (χ0n) is 26.0. The number of hydrogen-bond donors (Lipinski definition) is 1. The average Bonchev–Trinajstić information content (AvgIpc) is 3.59. The zero-order chi connectivity index (χ0) is 32.4. The molecule has 1 N–H and O–H groups in total. The molecule has 2 fully saturated rings. The van der Waals surface area contributed by atoms with Crippen molar-refractivity contribution in [1.29, 1.82) is 5.26 Å². The predicted molar refractivity (Wildman–Crippen MR) is 177 cm³/mol. The Morgan fingerprint density at radius 2 is 1.76 bits per heavy atom. The van der Waals surface area contributed by atoms with Gasteiger partial charge >= 0.3 is 6.18 Å². The second-order valence-corrected chi connectivity index (χ2v) is 14.2. The van der Waals surface area contributed by atoms with Gasteiger partial charge in [0.05, 0.1) is 11.8 Å². The van der Waals surface area contributed by atoms with Gasteiger partial charge in [-0.05, 0) is 68.0 Å². The van der Waals surface area contributed by atoms with Gasteiger partial charge in [-0.3, -0.25) is 9.80 Å². The Hall–Kier alpha value is -2.96. The van der Waals surface area contributed by atoms with Crippen molar-refractivity contribution in [3.05, 3.63) is 51.8 Å². The van der Waals surface area contributed by atoms with Crippen molar-refractivity contribution in [2.24, 2.45) is 0 Å². The third-order valence-electron chi connectivity index (χ3n) is 9.04. The summed E-state index contributed by atoms with van der Waals surface area (Å²) in [6.07, 6.45) is -3.44. The van der Waals surface area contributed by atoms with Crippen LogP contribution in [0.1, 0.15) is 40.4 Å². The van der Waals surface area contributed by atoms with Gasteiger partial charge in [0.15, 0.2) is 0 Å². The fourth-order valence-electron chi connectivity index (χ4n) is 6.56. The highest BCUT2D eigenvalue weighted by Crippen LogP contribution is 2.34. The smallest absolute Gasteiger partial charge is 0.367 e. The molecule has 0 spiro atoms.